The van der Waals surface area contributed by atoms with Crippen molar-refractivity contribution in [2.24, 2.45) is 17.6 Å². The van der Waals surface area contributed by atoms with Gasteiger partial charge in [0.15, 0.2) is 7.98 Å². The molecule has 1 aliphatic heterocycles. The fraction of sp³-hybridized carbons (Fsp3) is 0.938. The van der Waals surface area contributed by atoms with Gasteiger partial charge in [-0.1, -0.05) is 32.1 Å². The van der Waals surface area contributed by atoms with Crippen molar-refractivity contribution in [1.29, 1.82) is 0 Å². The largest absolute Gasteiger partial charge is 0.468 e. The predicted molar refractivity (Wildman–Crippen MR) is 87.6 cm³/mol. The minimum atomic E-state index is -0.776. The first-order valence-electron chi connectivity index (χ1n) is 8.59. The third-order valence-corrected chi connectivity index (χ3v) is 5.46. The number of esters is 1. The molecule has 2 unspecified atom stereocenters. The van der Waals surface area contributed by atoms with Crippen LogP contribution in [-0.2, 0) is 9.53 Å². The van der Waals surface area contributed by atoms with Crippen LogP contribution in [0.15, 0.2) is 0 Å². The number of hydrogen-bond donors (Lipinski definition) is 1. The Kier molecular flexibility index (Phi) is 6.12. The first-order chi connectivity index (χ1) is 10.0. The van der Waals surface area contributed by atoms with Gasteiger partial charge in [-0.05, 0) is 50.6 Å². The standard InChI is InChI=1S/C16H31BN2O2/c1-21-15(20)16(18,11-14-8-10-19(17)12-14)9-7-13-5-3-2-4-6-13/h13-14H,2-12,17-18H2,1H3. The number of methoxy groups -OCH3 is 1. The zero-order valence-electron chi connectivity index (χ0n) is 13.8. The summed E-state index contributed by atoms with van der Waals surface area (Å²) in [6.45, 7) is 2.17. The van der Waals surface area contributed by atoms with Gasteiger partial charge in [-0.2, -0.15) is 0 Å². The maximum Gasteiger partial charge on any atom is 0.325 e. The molecule has 2 N–H and O–H groups in total. The zero-order valence-corrected chi connectivity index (χ0v) is 13.8. The SMILES string of the molecule is BN1CCC(CC(N)(CCC2CCCCC2)C(=O)OC)C1. The first-order valence-corrected chi connectivity index (χ1v) is 8.59. The summed E-state index contributed by atoms with van der Waals surface area (Å²) in [6.07, 6.45) is 10.5. The van der Waals surface area contributed by atoms with E-state index in [2.05, 4.69) is 12.8 Å². The summed E-state index contributed by atoms with van der Waals surface area (Å²) < 4.78 is 5.01. The van der Waals surface area contributed by atoms with Crippen molar-refractivity contribution in [2.75, 3.05) is 20.2 Å². The number of nitrogens with two attached hydrogens (primary N) is 1. The zero-order chi connectivity index (χ0) is 15.3. The average molecular weight is 294 g/mol. The summed E-state index contributed by atoms with van der Waals surface area (Å²) in [5.41, 5.74) is 5.73. The lowest BCUT2D eigenvalue weighted by Crippen LogP contribution is -2.50. The maximum atomic E-state index is 12.2. The van der Waals surface area contributed by atoms with Gasteiger partial charge in [-0.15, -0.1) is 0 Å². The molecular formula is C16H31BN2O2. The Balaban J connectivity index is 1.90. The van der Waals surface area contributed by atoms with Crippen LogP contribution < -0.4 is 5.73 Å². The highest BCUT2D eigenvalue weighted by Gasteiger charge is 2.39. The predicted octanol–water partition coefficient (Wildman–Crippen LogP) is 1.48. The van der Waals surface area contributed by atoms with Crippen LogP contribution >= 0.6 is 0 Å². The molecule has 2 fully saturated rings. The molecule has 0 aromatic heterocycles. The van der Waals surface area contributed by atoms with E-state index >= 15 is 0 Å². The van der Waals surface area contributed by atoms with E-state index in [1.807, 2.05) is 0 Å². The van der Waals surface area contributed by atoms with E-state index < -0.39 is 5.54 Å². The van der Waals surface area contributed by atoms with Gasteiger partial charge < -0.3 is 15.3 Å². The second-order valence-corrected chi connectivity index (χ2v) is 7.31. The van der Waals surface area contributed by atoms with Crippen molar-refractivity contribution in [2.45, 2.75) is 63.3 Å². The average Bonchev–Trinajstić information content (AvgIpc) is 2.90. The van der Waals surface area contributed by atoms with Gasteiger partial charge >= 0.3 is 5.97 Å². The molecule has 2 atom stereocenters. The van der Waals surface area contributed by atoms with Crippen molar-refractivity contribution in [3.63, 3.8) is 0 Å². The molecule has 120 valence electrons. The quantitative estimate of drug-likeness (QED) is 0.595. The second-order valence-electron chi connectivity index (χ2n) is 7.31. The highest BCUT2D eigenvalue weighted by atomic mass is 16.5. The van der Waals surface area contributed by atoms with Crippen molar-refractivity contribution < 1.29 is 9.53 Å². The molecule has 2 rings (SSSR count). The molecule has 1 heterocycles. The molecular weight excluding hydrogens is 263 g/mol. The van der Waals surface area contributed by atoms with Gasteiger partial charge in [0, 0.05) is 0 Å². The number of carbonyl (C=O) groups excluding carboxylic acids is 1. The minimum absolute atomic E-state index is 0.215. The van der Waals surface area contributed by atoms with Crippen molar-refractivity contribution in [3.05, 3.63) is 0 Å². The third kappa shape index (κ3) is 4.72. The van der Waals surface area contributed by atoms with Crippen LogP contribution in [0.25, 0.3) is 0 Å². The molecule has 2 aliphatic rings. The van der Waals surface area contributed by atoms with Crippen LogP contribution in [0.4, 0.5) is 0 Å². The van der Waals surface area contributed by atoms with Crippen LogP contribution in [-0.4, -0.2) is 44.5 Å². The normalized spacial score (nSPS) is 27.4. The number of hydrogen-bond acceptors (Lipinski definition) is 4. The highest BCUT2D eigenvalue weighted by Crippen LogP contribution is 2.32. The Labute approximate surface area is 130 Å². The number of nitrogens with zero attached hydrogens (tertiary/aromatic N) is 1. The number of carbonyl (C=O) groups is 1. The fourth-order valence-electron chi connectivity index (χ4n) is 4.14. The van der Waals surface area contributed by atoms with E-state index in [-0.39, 0.29) is 5.97 Å². The smallest absolute Gasteiger partial charge is 0.325 e. The molecule has 21 heavy (non-hydrogen) atoms. The Morgan fingerprint density at radius 1 is 1.29 bits per heavy atom. The Morgan fingerprint density at radius 2 is 2.00 bits per heavy atom. The Morgan fingerprint density at radius 3 is 2.57 bits per heavy atom. The van der Waals surface area contributed by atoms with E-state index in [0.717, 1.165) is 44.7 Å². The Hall–Kier alpha value is -0.545. The van der Waals surface area contributed by atoms with Crippen molar-refractivity contribution in [1.82, 2.24) is 4.81 Å². The summed E-state index contributed by atoms with van der Waals surface area (Å²) in [7, 11) is 3.60. The molecule has 1 saturated carbocycles. The van der Waals surface area contributed by atoms with Gasteiger partial charge in [0.25, 0.3) is 0 Å². The van der Waals surface area contributed by atoms with Gasteiger partial charge in [-0.25, -0.2) is 0 Å². The second kappa shape index (κ2) is 7.64. The van der Waals surface area contributed by atoms with E-state index in [1.54, 1.807) is 0 Å². The molecule has 4 nitrogen and oxygen atoms in total. The molecule has 0 radical (unpaired) electrons. The van der Waals surface area contributed by atoms with Crippen LogP contribution in [0.1, 0.15) is 57.8 Å². The summed E-state index contributed by atoms with van der Waals surface area (Å²) in [6, 6.07) is 0. The lowest BCUT2D eigenvalue weighted by atomic mass is 9.78. The minimum Gasteiger partial charge on any atom is -0.468 e. The lowest BCUT2D eigenvalue weighted by Gasteiger charge is -2.31. The highest BCUT2D eigenvalue weighted by molar-refractivity contribution is 6.04. The summed E-state index contributed by atoms with van der Waals surface area (Å²) >= 11 is 0. The van der Waals surface area contributed by atoms with E-state index in [4.69, 9.17) is 10.5 Å². The first kappa shape index (κ1) is 16.8. The van der Waals surface area contributed by atoms with Crippen LogP contribution in [0.5, 0.6) is 0 Å². The van der Waals surface area contributed by atoms with E-state index in [9.17, 15) is 4.79 Å². The topological polar surface area (TPSA) is 55.6 Å². The van der Waals surface area contributed by atoms with Crippen LogP contribution in [0.3, 0.4) is 0 Å². The maximum absolute atomic E-state index is 12.2. The summed E-state index contributed by atoms with van der Waals surface area (Å²) in [5.74, 6) is 1.08. The van der Waals surface area contributed by atoms with Gasteiger partial charge in [0.1, 0.15) is 5.54 Å². The fourth-order valence-corrected chi connectivity index (χ4v) is 4.14. The number of ether oxygens (including phenoxy) is 1. The summed E-state index contributed by atoms with van der Waals surface area (Å²) in [4.78, 5) is 14.5. The number of rotatable bonds is 6. The van der Waals surface area contributed by atoms with Gasteiger partial charge in [0.2, 0.25) is 0 Å². The van der Waals surface area contributed by atoms with E-state index in [1.165, 1.54) is 39.2 Å². The van der Waals surface area contributed by atoms with Crippen molar-refractivity contribution in [3.8, 4) is 0 Å². The van der Waals surface area contributed by atoms with E-state index in [0.29, 0.717) is 5.92 Å². The molecule has 0 bridgehead atoms. The van der Waals surface area contributed by atoms with Gasteiger partial charge in [0.05, 0.1) is 7.11 Å². The van der Waals surface area contributed by atoms with Gasteiger partial charge in [-0.3, -0.25) is 4.79 Å². The molecule has 1 saturated heterocycles. The molecule has 0 spiro atoms. The monoisotopic (exact) mass is 294 g/mol. The lowest BCUT2D eigenvalue weighted by molar-refractivity contribution is -0.148. The van der Waals surface area contributed by atoms with Crippen molar-refractivity contribution >= 4 is 14.0 Å². The third-order valence-electron chi connectivity index (χ3n) is 5.46. The van der Waals surface area contributed by atoms with Crippen LogP contribution in [0.2, 0.25) is 0 Å². The molecule has 1 aliphatic carbocycles. The van der Waals surface area contributed by atoms with Crippen LogP contribution in [0, 0.1) is 11.8 Å². The summed E-state index contributed by atoms with van der Waals surface area (Å²) in [5, 5.41) is 0. The molecule has 0 amide bonds. The molecule has 0 aromatic carbocycles. The Bertz CT molecular complexity index is 347. The molecule has 0 aromatic rings. The molecule has 5 heteroatoms.